The lowest BCUT2D eigenvalue weighted by Gasteiger charge is -2.11. The van der Waals surface area contributed by atoms with Crippen LogP contribution in [0.25, 0.3) is 0 Å². The minimum absolute atomic E-state index is 0.171. The van der Waals surface area contributed by atoms with Crippen LogP contribution in [0.1, 0.15) is 15.9 Å². The van der Waals surface area contributed by atoms with Gasteiger partial charge in [-0.25, -0.2) is 4.79 Å². The molecule has 0 saturated carbocycles. The highest BCUT2D eigenvalue weighted by molar-refractivity contribution is 6.40. The number of carbonyl (C=O) groups excluding carboxylic acids is 3. The molecule has 0 atom stereocenters. The number of nitrogens with one attached hydrogen (secondary N) is 2. The molecule has 0 aliphatic carbocycles. The average Bonchev–Trinajstić information content (AvgIpc) is 2.68. The number of hydrogen-bond donors (Lipinski definition) is 2. The molecule has 0 spiro atoms. The summed E-state index contributed by atoms with van der Waals surface area (Å²) in [5, 5.41) is 4.96. The van der Waals surface area contributed by atoms with Gasteiger partial charge < -0.3 is 20.1 Å². The molecule has 0 unspecified atom stereocenters. The Morgan fingerprint density at radius 2 is 1.62 bits per heavy atom. The lowest BCUT2D eigenvalue weighted by Crippen LogP contribution is -2.36. The second-order valence-electron chi connectivity index (χ2n) is 5.31. The molecular weight excluding hydrogens is 336 g/mol. The molecule has 0 aromatic heterocycles. The maximum atomic E-state index is 12.0. The van der Waals surface area contributed by atoms with Crippen LogP contribution in [0.3, 0.4) is 0 Å². The van der Waals surface area contributed by atoms with Gasteiger partial charge in [-0.15, -0.1) is 0 Å². The van der Waals surface area contributed by atoms with E-state index in [-0.39, 0.29) is 17.8 Å². The quantitative estimate of drug-likeness (QED) is 0.608. The van der Waals surface area contributed by atoms with Crippen molar-refractivity contribution in [3.05, 3.63) is 59.7 Å². The van der Waals surface area contributed by atoms with Crippen LogP contribution < -0.4 is 15.4 Å². The summed E-state index contributed by atoms with van der Waals surface area (Å²) in [6.07, 6.45) is 0.516. The summed E-state index contributed by atoms with van der Waals surface area (Å²) in [4.78, 5) is 35.7. The number of rotatable bonds is 6. The molecular formula is C19H20N2O5. The third-order valence-corrected chi connectivity index (χ3v) is 3.66. The van der Waals surface area contributed by atoms with E-state index in [1.807, 2.05) is 24.3 Å². The highest BCUT2D eigenvalue weighted by Gasteiger charge is 2.17. The normalized spacial score (nSPS) is 9.92. The van der Waals surface area contributed by atoms with Crippen molar-refractivity contribution in [3.8, 4) is 5.75 Å². The predicted octanol–water partition coefficient (Wildman–Crippen LogP) is 1.78. The van der Waals surface area contributed by atoms with Crippen molar-refractivity contribution in [1.29, 1.82) is 0 Å². The van der Waals surface area contributed by atoms with Gasteiger partial charge in [-0.1, -0.05) is 30.3 Å². The fourth-order valence-electron chi connectivity index (χ4n) is 2.36. The number of hydrogen-bond acceptors (Lipinski definition) is 5. The monoisotopic (exact) mass is 356 g/mol. The van der Waals surface area contributed by atoms with Crippen LogP contribution in [0, 0.1) is 0 Å². The third kappa shape index (κ3) is 4.83. The number of methoxy groups -OCH3 is 2. The summed E-state index contributed by atoms with van der Waals surface area (Å²) < 4.78 is 9.89. The maximum absolute atomic E-state index is 12.0. The molecule has 0 heterocycles. The van der Waals surface area contributed by atoms with E-state index in [1.54, 1.807) is 19.2 Å². The van der Waals surface area contributed by atoms with E-state index >= 15 is 0 Å². The van der Waals surface area contributed by atoms with Gasteiger partial charge in [-0.05, 0) is 30.2 Å². The number of benzene rings is 2. The summed E-state index contributed by atoms with van der Waals surface area (Å²) >= 11 is 0. The minimum atomic E-state index is -0.860. The molecule has 136 valence electrons. The molecule has 2 N–H and O–H groups in total. The summed E-state index contributed by atoms with van der Waals surface area (Å²) in [5.74, 6) is -1.53. The van der Waals surface area contributed by atoms with Crippen molar-refractivity contribution in [2.75, 3.05) is 26.1 Å². The molecule has 26 heavy (non-hydrogen) atoms. The van der Waals surface area contributed by atoms with Crippen LogP contribution in [0.15, 0.2) is 48.5 Å². The zero-order chi connectivity index (χ0) is 18.9. The lowest BCUT2D eigenvalue weighted by atomic mass is 10.1. The second-order valence-corrected chi connectivity index (χ2v) is 5.31. The fraction of sp³-hybridized carbons (Fsp3) is 0.211. The van der Waals surface area contributed by atoms with Gasteiger partial charge in [0.2, 0.25) is 0 Å². The van der Waals surface area contributed by atoms with Gasteiger partial charge in [0.05, 0.1) is 25.5 Å². The molecule has 2 aromatic rings. The van der Waals surface area contributed by atoms with E-state index in [1.165, 1.54) is 19.2 Å². The molecule has 0 aliphatic heterocycles. The Labute approximate surface area is 151 Å². The Hall–Kier alpha value is -3.35. The van der Waals surface area contributed by atoms with Crippen LogP contribution in [0.4, 0.5) is 5.69 Å². The van der Waals surface area contributed by atoms with Gasteiger partial charge in [-0.2, -0.15) is 0 Å². The number of anilines is 1. The summed E-state index contributed by atoms with van der Waals surface area (Å²) in [6.45, 7) is 0.269. The molecule has 0 aliphatic rings. The summed E-state index contributed by atoms with van der Waals surface area (Å²) in [6, 6.07) is 13.7. The van der Waals surface area contributed by atoms with E-state index in [0.29, 0.717) is 6.42 Å². The largest absolute Gasteiger partial charge is 0.496 e. The van der Waals surface area contributed by atoms with Crippen LogP contribution in [0.2, 0.25) is 0 Å². The van der Waals surface area contributed by atoms with Crippen molar-refractivity contribution in [3.63, 3.8) is 0 Å². The minimum Gasteiger partial charge on any atom is -0.496 e. The van der Waals surface area contributed by atoms with E-state index in [9.17, 15) is 14.4 Å². The molecule has 0 bridgehead atoms. The van der Waals surface area contributed by atoms with Crippen molar-refractivity contribution >= 4 is 23.5 Å². The molecule has 2 rings (SSSR count). The lowest BCUT2D eigenvalue weighted by molar-refractivity contribution is -0.136. The number of amides is 2. The fourth-order valence-corrected chi connectivity index (χ4v) is 2.36. The summed E-state index contributed by atoms with van der Waals surface area (Å²) in [5.41, 5.74) is 1.31. The molecule has 7 heteroatoms. The van der Waals surface area contributed by atoms with Gasteiger partial charge in [0.25, 0.3) is 0 Å². The molecule has 0 fully saturated rings. The van der Waals surface area contributed by atoms with Crippen molar-refractivity contribution in [2.45, 2.75) is 6.42 Å². The topological polar surface area (TPSA) is 93.7 Å². The first-order chi connectivity index (χ1) is 12.6. The smallest absolute Gasteiger partial charge is 0.339 e. The second kappa shape index (κ2) is 9.22. The molecule has 7 nitrogen and oxygen atoms in total. The number of para-hydroxylation sites is 2. The van der Waals surface area contributed by atoms with E-state index in [0.717, 1.165) is 11.3 Å². The number of ether oxygens (including phenoxy) is 2. The Kier molecular flexibility index (Phi) is 6.73. The van der Waals surface area contributed by atoms with Gasteiger partial charge in [0, 0.05) is 6.54 Å². The highest BCUT2D eigenvalue weighted by atomic mass is 16.5. The van der Waals surface area contributed by atoms with Crippen molar-refractivity contribution in [2.24, 2.45) is 0 Å². The van der Waals surface area contributed by atoms with E-state index in [4.69, 9.17) is 4.74 Å². The first-order valence-corrected chi connectivity index (χ1v) is 7.95. The number of esters is 1. The average molecular weight is 356 g/mol. The van der Waals surface area contributed by atoms with E-state index in [2.05, 4.69) is 15.4 Å². The van der Waals surface area contributed by atoms with Crippen molar-refractivity contribution in [1.82, 2.24) is 5.32 Å². The highest BCUT2D eigenvalue weighted by Crippen LogP contribution is 2.17. The Balaban J connectivity index is 1.92. The van der Waals surface area contributed by atoms with Crippen LogP contribution in [-0.2, 0) is 20.7 Å². The molecule has 2 amide bonds. The SMILES string of the molecule is COC(=O)c1ccccc1NC(=O)C(=O)NCCc1ccccc1OC. The van der Waals surface area contributed by atoms with Crippen LogP contribution in [0.5, 0.6) is 5.75 Å². The predicted molar refractivity (Wildman–Crippen MR) is 96.1 cm³/mol. The molecule has 0 saturated heterocycles. The molecule has 2 aromatic carbocycles. The van der Waals surface area contributed by atoms with Gasteiger partial charge in [-0.3, -0.25) is 9.59 Å². The zero-order valence-corrected chi connectivity index (χ0v) is 14.6. The van der Waals surface area contributed by atoms with Gasteiger partial charge >= 0.3 is 17.8 Å². The third-order valence-electron chi connectivity index (χ3n) is 3.66. The van der Waals surface area contributed by atoms with E-state index < -0.39 is 17.8 Å². The Morgan fingerprint density at radius 3 is 2.35 bits per heavy atom. The van der Waals surface area contributed by atoms with Crippen LogP contribution >= 0.6 is 0 Å². The zero-order valence-electron chi connectivity index (χ0n) is 14.6. The maximum Gasteiger partial charge on any atom is 0.339 e. The standard InChI is InChI=1S/C19H20N2O5/c1-25-16-10-6-3-7-13(16)11-12-20-17(22)18(23)21-15-9-5-4-8-14(15)19(24)26-2/h3-10H,11-12H2,1-2H3,(H,20,22)(H,21,23). The Bertz CT molecular complexity index is 804. The first-order valence-electron chi connectivity index (χ1n) is 7.95. The Morgan fingerprint density at radius 1 is 0.923 bits per heavy atom. The summed E-state index contributed by atoms with van der Waals surface area (Å²) in [7, 11) is 2.81. The number of carbonyl (C=O) groups is 3. The van der Waals surface area contributed by atoms with Crippen molar-refractivity contribution < 1.29 is 23.9 Å². The van der Waals surface area contributed by atoms with Gasteiger partial charge in [0.1, 0.15) is 5.75 Å². The van der Waals surface area contributed by atoms with Gasteiger partial charge in [0.15, 0.2) is 0 Å². The molecule has 0 radical (unpaired) electrons. The first kappa shape index (κ1) is 19.0. The van der Waals surface area contributed by atoms with Crippen LogP contribution in [-0.4, -0.2) is 38.5 Å².